The summed E-state index contributed by atoms with van der Waals surface area (Å²) in [6.45, 7) is 0. The van der Waals surface area contributed by atoms with E-state index >= 15 is 0 Å². The summed E-state index contributed by atoms with van der Waals surface area (Å²) < 4.78 is 9.43. The molecule has 0 aliphatic carbocycles. The molecule has 2 heterocycles. The van der Waals surface area contributed by atoms with Crippen molar-refractivity contribution in [3.8, 4) is 29.1 Å². The van der Waals surface area contributed by atoms with Crippen LogP contribution < -0.4 is 9.47 Å². The number of aromatic carboxylic acids is 1. The number of aromatic nitrogens is 2. The second-order valence-electron chi connectivity index (χ2n) is 3.84. The van der Waals surface area contributed by atoms with Gasteiger partial charge in [-0.2, -0.15) is 5.26 Å². The van der Waals surface area contributed by atoms with Gasteiger partial charge >= 0.3 is 5.97 Å². The molecule has 0 spiro atoms. The minimum Gasteiger partial charge on any atom is -0.503 e. The number of aromatic hydroxyl groups is 2. The highest BCUT2D eigenvalue weighted by molar-refractivity contribution is 5.89. The molecular formula is C14H13N3O6. The zero-order valence-corrected chi connectivity index (χ0v) is 12.2. The maximum Gasteiger partial charge on any atom is 0.358 e. The van der Waals surface area contributed by atoms with Gasteiger partial charge in [0, 0.05) is 24.5 Å². The van der Waals surface area contributed by atoms with E-state index < -0.39 is 17.4 Å². The molecule has 9 heteroatoms. The molecule has 0 radical (unpaired) electrons. The van der Waals surface area contributed by atoms with Crippen LogP contribution in [-0.2, 0) is 0 Å². The van der Waals surface area contributed by atoms with Crippen LogP contribution in [0.4, 0.5) is 0 Å². The second-order valence-corrected chi connectivity index (χ2v) is 3.84. The monoisotopic (exact) mass is 319 g/mol. The Morgan fingerprint density at radius 2 is 1.61 bits per heavy atom. The zero-order chi connectivity index (χ0) is 17.4. The summed E-state index contributed by atoms with van der Waals surface area (Å²) in [7, 11) is 2.75. The smallest absolute Gasteiger partial charge is 0.358 e. The molecule has 0 fully saturated rings. The van der Waals surface area contributed by atoms with Crippen molar-refractivity contribution >= 4 is 5.97 Å². The summed E-state index contributed by atoms with van der Waals surface area (Å²) in [4.78, 5) is 17.5. The van der Waals surface area contributed by atoms with Gasteiger partial charge in [-0.1, -0.05) is 0 Å². The van der Waals surface area contributed by atoms with Gasteiger partial charge in [-0.05, 0) is 0 Å². The van der Waals surface area contributed by atoms with Crippen molar-refractivity contribution < 1.29 is 29.6 Å². The van der Waals surface area contributed by atoms with E-state index in [4.69, 9.17) is 15.1 Å². The van der Waals surface area contributed by atoms with Gasteiger partial charge in [-0.15, -0.1) is 0 Å². The number of nitriles is 1. The lowest BCUT2D eigenvalue weighted by Crippen LogP contribution is -2.01. The van der Waals surface area contributed by atoms with Gasteiger partial charge in [0.15, 0.2) is 34.4 Å². The van der Waals surface area contributed by atoms with E-state index in [1.54, 1.807) is 6.07 Å². The topological polar surface area (TPSA) is 146 Å². The molecule has 2 aromatic rings. The number of carboxylic acid groups (broad SMARTS) is 1. The first-order valence-corrected chi connectivity index (χ1v) is 6.03. The van der Waals surface area contributed by atoms with Gasteiger partial charge in [0.2, 0.25) is 0 Å². The Bertz CT molecular complexity index is 742. The average molecular weight is 319 g/mol. The number of ether oxygens (including phenoxy) is 2. The summed E-state index contributed by atoms with van der Waals surface area (Å²) in [5.74, 6) is -1.59. The Morgan fingerprint density at radius 3 is 2.09 bits per heavy atom. The van der Waals surface area contributed by atoms with Crippen molar-refractivity contribution in [3.05, 3.63) is 35.9 Å². The van der Waals surface area contributed by atoms with E-state index in [1.807, 2.05) is 0 Å². The van der Waals surface area contributed by atoms with E-state index in [2.05, 4.69) is 14.7 Å². The third-order valence-electron chi connectivity index (χ3n) is 2.52. The van der Waals surface area contributed by atoms with Crippen molar-refractivity contribution in [1.29, 1.82) is 5.26 Å². The molecule has 0 unspecified atom stereocenters. The highest BCUT2D eigenvalue weighted by Gasteiger charge is 2.14. The van der Waals surface area contributed by atoms with Crippen LogP contribution in [0, 0.1) is 11.3 Å². The number of nitrogens with zero attached hydrogens (tertiary/aromatic N) is 3. The summed E-state index contributed by atoms with van der Waals surface area (Å²) in [5.41, 5.74) is -0.432. The number of hydrogen-bond acceptors (Lipinski definition) is 8. The Balaban J connectivity index is 0.000000231. The van der Waals surface area contributed by atoms with E-state index in [-0.39, 0.29) is 22.9 Å². The van der Waals surface area contributed by atoms with Crippen molar-refractivity contribution in [1.82, 2.24) is 9.97 Å². The highest BCUT2D eigenvalue weighted by Crippen LogP contribution is 2.27. The predicted molar refractivity (Wildman–Crippen MR) is 76.6 cm³/mol. The van der Waals surface area contributed by atoms with Crippen molar-refractivity contribution in [3.63, 3.8) is 0 Å². The molecule has 0 saturated heterocycles. The normalized spacial score (nSPS) is 9.09. The number of methoxy groups -OCH3 is 2. The Kier molecular flexibility index (Phi) is 6.12. The summed E-state index contributed by atoms with van der Waals surface area (Å²) in [6, 6.07) is 4.59. The van der Waals surface area contributed by atoms with Crippen LogP contribution in [0.25, 0.3) is 0 Å². The lowest BCUT2D eigenvalue weighted by molar-refractivity contribution is 0.0686. The molecule has 9 nitrogen and oxygen atoms in total. The quantitative estimate of drug-likeness (QED) is 0.758. The van der Waals surface area contributed by atoms with Gasteiger partial charge in [0.25, 0.3) is 0 Å². The molecule has 0 atom stereocenters. The summed E-state index contributed by atoms with van der Waals surface area (Å²) in [6.07, 6.45) is 2.65. The summed E-state index contributed by atoms with van der Waals surface area (Å²) >= 11 is 0. The van der Waals surface area contributed by atoms with Crippen LogP contribution in [0.3, 0.4) is 0 Å². The van der Waals surface area contributed by atoms with Crippen LogP contribution in [0.15, 0.2) is 24.5 Å². The minimum atomic E-state index is -1.29. The third kappa shape index (κ3) is 4.21. The molecule has 2 rings (SSSR count). The Labute approximate surface area is 131 Å². The molecule has 0 saturated carbocycles. The first kappa shape index (κ1) is 17.5. The Hall–Kier alpha value is -3.54. The molecule has 0 amide bonds. The first-order chi connectivity index (χ1) is 11.0. The van der Waals surface area contributed by atoms with Crippen molar-refractivity contribution in [2.45, 2.75) is 0 Å². The molecule has 2 aromatic heterocycles. The van der Waals surface area contributed by atoms with Crippen LogP contribution >= 0.6 is 0 Å². The maximum absolute atomic E-state index is 10.4. The van der Waals surface area contributed by atoms with Gasteiger partial charge in [-0.3, -0.25) is 0 Å². The molecule has 120 valence electrons. The average Bonchev–Trinajstić information content (AvgIpc) is 2.55. The summed E-state index contributed by atoms with van der Waals surface area (Å²) in [5, 5.41) is 35.3. The lowest BCUT2D eigenvalue weighted by atomic mass is 10.3. The van der Waals surface area contributed by atoms with Crippen LogP contribution in [-0.4, -0.2) is 45.5 Å². The van der Waals surface area contributed by atoms with E-state index in [1.165, 1.54) is 38.7 Å². The van der Waals surface area contributed by atoms with Crippen molar-refractivity contribution in [2.75, 3.05) is 14.2 Å². The fraction of sp³-hybridized carbons (Fsp3) is 0.143. The molecule has 3 N–H and O–H groups in total. The van der Waals surface area contributed by atoms with Crippen molar-refractivity contribution in [2.24, 2.45) is 0 Å². The van der Waals surface area contributed by atoms with Gasteiger partial charge < -0.3 is 24.8 Å². The number of carboxylic acids is 1. The van der Waals surface area contributed by atoms with E-state index in [0.717, 1.165) is 0 Å². The highest BCUT2D eigenvalue weighted by atomic mass is 16.5. The molecule has 0 aliphatic rings. The SMILES string of the molecule is COc1ccnc(C#N)c1O.COc1ccnc(C(=O)O)c1O. The third-order valence-corrected chi connectivity index (χ3v) is 2.52. The maximum atomic E-state index is 10.4. The molecule has 0 aromatic carbocycles. The number of carbonyl (C=O) groups is 1. The standard InChI is InChI=1S/C7H6N2O2.C7H7NO4/c1-11-6-2-3-9-5(4-8)7(6)10;1-12-4-2-3-8-5(6(4)9)7(10)11/h2-3,10H,1H3;2-3,9H,1H3,(H,10,11). The molecule has 0 aliphatic heterocycles. The van der Waals surface area contributed by atoms with Gasteiger partial charge in [-0.25, -0.2) is 14.8 Å². The fourth-order valence-corrected chi connectivity index (χ4v) is 1.44. The van der Waals surface area contributed by atoms with E-state index in [0.29, 0.717) is 0 Å². The minimum absolute atomic E-state index is 0.0237. The van der Waals surface area contributed by atoms with Crippen LogP contribution in [0.5, 0.6) is 23.0 Å². The van der Waals surface area contributed by atoms with Gasteiger partial charge in [0.1, 0.15) is 6.07 Å². The lowest BCUT2D eigenvalue weighted by Gasteiger charge is -2.03. The van der Waals surface area contributed by atoms with Crippen LogP contribution in [0.2, 0.25) is 0 Å². The van der Waals surface area contributed by atoms with Gasteiger partial charge in [0.05, 0.1) is 14.2 Å². The second kappa shape index (κ2) is 8.04. The largest absolute Gasteiger partial charge is 0.503 e. The first-order valence-electron chi connectivity index (χ1n) is 6.03. The molecular weight excluding hydrogens is 306 g/mol. The number of hydrogen-bond donors (Lipinski definition) is 3. The van der Waals surface area contributed by atoms with Crippen LogP contribution in [0.1, 0.15) is 16.2 Å². The van der Waals surface area contributed by atoms with E-state index in [9.17, 15) is 15.0 Å². The number of rotatable bonds is 3. The fourth-order valence-electron chi connectivity index (χ4n) is 1.44. The predicted octanol–water partition coefficient (Wildman–Crippen LogP) is 1.16. The Morgan fingerprint density at radius 1 is 1.09 bits per heavy atom. The molecule has 0 bridgehead atoms. The molecule has 23 heavy (non-hydrogen) atoms. The number of pyridine rings is 2. The zero-order valence-electron chi connectivity index (χ0n) is 12.2.